The maximum absolute atomic E-state index is 13.2. The van der Waals surface area contributed by atoms with Crippen LogP contribution in [0, 0.1) is 0 Å². The van der Waals surface area contributed by atoms with Crippen LogP contribution in [-0.2, 0) is 24.4 Å². The van der Waals surface area contributed by atoms with Gasteiger partial charge in [0.2, 0.25) is 0 Å². The number of hydrogen-bond donors (Lipinski definition) is 4. The van der Waals surface area contributed by atoms with Crippen molar-refractivity contribution in [1.82, 2.24) is 24.9 Å². The topological polar surface area (TPSA) is 189 Å². The number of aliphatic hydroxyl groups is 3. The first-order valence-corrected chi connectivity index (χ1v) is 12.5. The van der Waals surface area contributed by atoms with Crippen molar-refractivity contribution in [2.24, 2.45) is 7.05 Å². The minimum Gasteiger partial charge on any atom is -0.503 e. The molecule has 0 spiro atoms. The second-order valence-electron chi connectivity index (χ2n) is 9.40. The number of amides is 1. The first-order valence-electron chi connectivity index (χ1n) is 12.5. The molecule has 14 nitrogen and oxygen atoms in total. The lowest BCUT2D eigenvalue weighted by Crippen LogP contribution is -2.44. The third-order valence-electron chi connectivity index (χ3n) is 6.53. The van der Waals surface area contributed by atoms with Crippen molar-refractivity contribution >= 4 is 11.9 Å². The predicted molar refractivity (Wildman–Crippen MR) is 137 cm³/mol. The van der Waals surface area contributed by atoms with E-state index >= 15 is 0 Å². The minimum atomic E-state index is -3.29. The van der Waals surface area contributed by atoms with E-state index in [4.69, 9.17) is 14.0 Å². The van der Waals surface area contributed by atoms with Gasteiger partial charge >= 0.3 is 18.1 Å². The molecular formula is C26H28N6O8. The normalized spacial score (nSPS) is 17.4. The van der Waals surface area contributed by atoms with Crippen LogP contribution in [0.3, 0.4) is 0 Å². The molecule has 1 saturated carbocycles. The third-order valence-corrected chi connectivity index (χ3v) is 6.53. The molecule has 210 valence electrons. The van der Waals surface area contributed by atoms with Gasteiger partial charge < -0.3 is 34.4 Å². The fourth-order valence-corrected chi connectivity index (χ4v) is 4.56. The molecular weight excluding hydrogens is 524 g/mol. The molecule has 1 amide bonds. The molecule has 0 radical (unpaired) electrons. The summed E-state index contributed by atoms with van der Waals surface area (Å²) in [5, 5.41) is 47.1. The molecule has 4 N–H and O–H groups in total. The number of rotatable bonds is 8. The molecule has 40 heavy (non-hydrogen) atoms. The van der Waals surface area contributed by atoms with Crippen LogP contribution in [0.1, 0.15) is 36.8 Å². The Morgan fingerprint density at radius 2 is 1.88 bits per heavy atom. The Balaban J connectivity index is 1.28. The SMILES string of the molecule is Cn1ccc(N(C(=O)OCc2ccccc2)C2CCC(Oc3ncc(C(O)(O)O)c(-c4nocc4O)n3)CC2)n1. The van der Waals surface area contributed by atoms with Crippen molar-refractivity contribution in [3.8, 4) is 23.1 Å². The number of ether oxygens (including phenoxy) is 2. The quantitative estimate of drug-likeness (QED) is 0.234. The molecule has 0 aliphatic heterocycles. The van der Waals surface area contributed by atoms with E-state index in [0.29, 0.717) is 31.5 Å². The first-order chi connectivity index (χ1) is 19.2. The number of aromatic hydroxyl groups is 1. The number of nitrogens with zero attached hydrogens (tertiary/aromatic N) is 6. The Bertz CT molecular complexity index is 1440. The van der Waals surface area contributed by atoms with Crippen molar-refractivity contribution in [2.45, 2.75) is 50.4 Å². The van der Waals surface area contributed by atoms with Gasteiger partial charge in [-0.1, -0.05) is 35.5 Å². The van der Waals surface area contributed by atoms with Crippen LogP contribution in [0.5, 0.6) is 11.8 Å². The highest BCUT2D eigenvalue weighted by molar-refractivity contribution is 5.87. The van der Waals surface area contributed by atoms with Crippen molar-refractivity contribution in [3.63, 3.8) is 0 Å². The lowest BCUT2D eigenvalue weighted by molar-refractivity contribution is -0.323. The van der Waals surface area contributed by atoms with Crippen LogP contribution in [0.2, 0.25) is 0 Å². The summed E-state index contributed by atoms with van der Waals surface area (Å²) in [6, 6.07) is 10.8. The summed E-state index contributed by atoms with van der Waals surface area (Å²) in [6.45, 7) is 0.134. The highest BCUT2D eigenvalue weighted by Crippen LogP contribution is 2.34. The van der Waals surface area contributed by atoms with Gasteiger partial charge in [-0.2, -0.15) is 10.1 Å². The monoisotopic (exact) mass is 552 g/mol. The van der Waals surface area contributed by atoms with Crippen LogP contribution >= 0.6 is 0 Å². The van der Waals surface area contributed by atoms with E-state index in [1.807, 2.05) is 30.3 Å². The van der Waals surface area contributed by atoms with Crippen LogP contribution < -0.4 is 9.64 Å². The molecule has 1 aliphatic rings. The standard InChI is InChI=1S/C26H28N6O8/c1-31-12-11-21(29-31)32(25(34)38-14-16-5-3-2-4-6-16)17-7-9-18(10-8-17)40-24-27-13-19(26(35,36)37)22(28-24)23-20(33)15-39-30-23/h2-6,11-13,15,17-18,33,35-37H,7-10,14H2,1H3. The number of aryl methyl sites for hydroxylation is 1. The Morgan fingerprint density at radius 3 is 2.50 bits per heavy atom. The summed E-state index contributed by atoms with van der Waals surface area (Å²) < 4.78 is 17.9. The number of hydrogen-bond acceptors (Lipinski definition) is 12. The molecule has 0 unspecified atom stereocenters. The van der Waals surface area contributed by atoms with Gasteiger partial charge in [0.25, 0.3) is 0 Å². The second kappa shape index (κ2) is 11.3. The fourth-order valence-electron chi connectivity index (χ4n) is 4.56. The molecule has 0 atom stereocenters. The maximum atomic E-state index is 13.2. The Morgan fingerprint density at radius 1 is 1.12 bits per heavy atom. The number of anilines is 1. The van der Waals surface area contributed by atoms with Crippen LogP contribution in [-0.4, -0.2) is 63.6 Å². The summed E-state index contributed by atoms with van der Waals surface area (Å²) in [6.07, 6.45) is 5.05. The Hall–Kier alpha value is -4.53. The first kappa shape index (κ1) is 27.1. The van der Waals surface area contributed by atoms with Gasteiger partial charge in [0.05, 0.1) is 5.56 Å². The van der Waals surface area contributed by atoms with Gasteiger partial charge in [0, 0.05) is 31.5 Å². The van der Waals surface area contributed by atoms with E-state index in [1.54, 1.807) is 28.9 Å². The van der Waals surface area contributed by atoms with Gasteiger partial charge in [-0.05, 0) is 31.2 Å². The number of carbonyl (C=O) groups is 1. The average Bonchev–Trinajstić information content (AvgIpc) is 3.56. The molecule has 14 heteroatoms. The van der Waals surface area contributed by atoms with Gasteiger partial charge in [-0.3, -0.25) is 9.58 Å². The fraction of sp³-hybridized carbons (Fsp3) is 0.346. The van der Waals surface area contributed by atoms with Crippen molar-refractivity contribution in [2.75, 3.05) is 4.90 Å². The molecule has 0 bridgehead atoms. The Labute approximate surface area is 228 Å². The molecule has 4 aromatic rings. The lowest BCUT2D eigenvalue weighted by Gasteiger charge is -2.34. The van der Waals surface area contributed by atoms with Gasteiger partial charge in [0.1, 0.15) is 18.4 Å². The summed E-state index contributed by atoms with van der Waals surface area (Å²) in [5.74, 6) is -3.23. The molecule has 1 aromatic carbocycles. The zero-order valence-electron chi connectivity index (χ0n) is 21.5. The highest BCUT2D eigenvalue weighted by atomic mass is 16.7. The van der Waals surface area contributed by atoms with E-state index < -0.39 is 23.4 Å². The summed E-state index contributed by atoms with van der Waals surface area (Å²) >= 11 is 0. The van der Waals surface area contributed by atoms with E-state index in [2.05, 4.69) is 20.2 Å². The van der Waals surface area contributed by atoms with Crippen molar-refractivity contribution in [3.05, 3.63) is 66.2 Å². The van der Waals surface area contributed by atoms with Crippen LogP contribution in [0.25, 0.3) is 11.4 Å². The molecule has 3 aromatic heterocycles. The highest BCUT2D eigenvalue weighted by Gasteiger charge is 2.35. The number of carbonyl (C=O) groups excluding carboxylic acids is 1. The zero-order valence-corrected chi connectivity index (χ0v) is 21.5. The summed E-state index contributed by atoms with van der Waals surface area (Å²) in [4.78, 5) is 22.9. The molecule has 0 saturated heterocycles. The zero-order chi connectivity index (χ0) is 28.3. The number of aromatic nitrogens is 5. The summed E-state index contributed by atoms with van der Waals surface area (Å²) in [5.41, 5.74) is -0.153. The smallest absolute Gasteiger partial charge is 0.416 e. The lowest BCUT2D eigenvalue weighted by atomic mass is 9.92. The number of benzene rings is 1. The van der Waals surface area contributed by atoms with E-state index in [1.165, 1.54) is 0 Å². The molecule has 1 fully saturated rings. The van der Waals surface area contributed by atoms with Crippen molar-refractivity contribution in [1.29, 1.82) is 0 Å². The molecule has 1 aliphatic carbocycles. The van der Waals surface area contributed by atoms with Gasteiger partial charge in [0.15, 0.2) is 23.5 Å². The van der Waals surface area contributed by atoms with Crippen LogP contribution in [0.15, 0.2) is 59.6 Å². The Kier molecular flexibility index (Phi) is 7.64. The van der Waals surface area contributed by atoms with Crippen LogP contribution in [0.4, 0.5) is 10.6 Å². The third kappa shape index (κ3) is 6.03. The summed E-state index contributed by atoms with van der Waals surface area (Å²) in [7, 11) is 1.77. The largest absolute Gasteiger partial charge is 0.503 e. The van der Waals surface area contributed by atoms with E-state index in [-0.39, 0.29) is 36.2 Å². The predicted octanol–water partition coefficient (Wildman–Crippen LogP) is 2.19. The molecule has 3 heterocycles. The van der Waals surface area contributed by atoms with E-state index in [9.17, 15) is 25.2 Å². The second-order valence-corrected chi connectivity index (χ2v) is 9.40. The maximum Gasteiger partial charge on any atom is 0.416 e. The van der Waals surface area contributed by atoms with Gasteiger partial charge in [-0.15, -0.1) is 0 Å². The van der Waals surface area contributed by atoms with Crippen molar-refractivity contribution < 1.29 is 39.2 Å². The average molecular weight is 553 g/mol. The minimum absolute atomic E-state index is 0.127. The molecule has 5 rings (SSSR count). The van der Waals surface area contributed by atoms with E-state index in [0.717, 1.165) is 18.0 Å². The van der Waals surface area contributed by atoms with Gasteiger partial charge in [-0.25, -0.2) is 9.78 Å².